The van der Waals surface area contributed by atoms with Gasteiger partial charge in [0.05, 0.1) is 12.1 Å². The number of guanidine groups is 1. The Bertz CT molecular complexity index is 1890. The third-order valence-corrected chi connectivity index (χ3v) is 9.62. The van der Waals surface area contributed by atoms with Crippen molar-refractivity contribution in [2.45, 2.75) is 70.9 Å². The first-order chi connectivity index (χ1) is 25.8. The van der Waals surface area contributed by atoms with E-state index in [0.717, 1.165) is 38.9 Å². The first-order valence-corrected chi connectivity index (χ1v) is 18.1. The highest BCUT2D eigenvalue weighted by atomic mass is 16.3. The molecule has 0 spiro atoms. The minimum absolute atomic E-state index is 0.0539. The molecule has 4 aromatic rings. The zero-order valence-corrected chi connectivity index (χ0v) is 30.9. The van der Waals surface area contributed by atoms with Gasteiger partial charge in [0.25, 0.3) is 0 Å². The van der Waals surface area contributed by atoms with Crippen molar-refractivity contribution in [2.75, 3.05) is 6.54 Å². The largest absolute Gasteiger partial charge is 0.508 e. The van der Waals surface area contributed by atoms with Crippen LogP contribution >= 0.6 is 0 Å². The van der Waals surface area contributed by atoms with Crippen LogP contribution in [0.5, 0.6) is 5.75 Å². The molecule has 12 nitrogen and oxygen atoms in total. The molecule has 284 valence electrons. The molecule has 0 aliphatic carbocycles. The van der Waals surface area contributed by atoms with Crippen LogP contribution in [-0.4, -0.2) is 58.1 Å². The topological polar surface area (TPSA) is 230 Å². The van der Waals surface area contributed by atoms with Crippen LogP contribution in [-0.2, 0) is 38.4 Å². The molecular weight excluding hydrogens is 683 g/mol. The van der Waals surface area contributed by atoms with Gasteiger partial charge in [0.1, 0.15) is 11.5 Å². The Labute approximate surface area is 316 Å². The number of carbonyl (C=O) groups is 4. The number of nitrogens with one attached hydrogen (secondary N) is 1. The van der Waals surface area contributed by atoms with Gasteiger partial charge < -0.3 is 33.4 Å². The van der Waals surface area contributed by atoms with Gasteiger partial charge in [-0.25, -0.2) is 0 Å². The summed E-state index contributed by atoms with van der Waals surface area (Å²) in [5.41, 5.74) is 28.9. The van der Waals surface area contributed by atoms with Gasteiger partial charge in [-0.3, -0.25) is 29.2 Å². The number of aromatic hydroxyl groups is 1. The van der Waals surface area contributed by atoms with E-state index in [4.69, 9.17) is 22.9 Å². The van der Waals surface area contributed by atoms with Gasteiger partial charge >= 0.3 is 0 Å². The minimum atomic E-state index is -1.03. The van der Waals surface area contributed by atoms with Crippen LogP contribution in [0.25, 0.3) is 11.1 Å². The number of hydrogen-bond donors (Lipinski definition) is 6. The maximum atomic E-state index is 14.2. The number of primary amides is 1. The molecule has 4 rings (SSSR count). The SMILES string of the molecule is Cc1cc(O)cc(C)c1C[C@H](CC(=O)[C@H](N)CCCN=C(N)N)C(=O)N[C@@H](Cc1ccncc1)C(=O)C[C@@H](Cc1ccc(-c2ccccc2)cc1)C(N)=O. The number of hydrogen-bond acceptors (Lipinski definition) is 8. The van der Waals surface area contributed by atoms with Gasteiger partial charge in [-0.05, 0) is 109 Å². The lowest BCUT2D eigenvalue weighted by Crippen LogP contribution is -2.47. The van der Waals surface area contributed by atoms with Crippen molar-refractivity contribution in [3.05, 3.63) is 119 Å². The van der Waals surface area contributed by atoms with E-state index in [1.165, 1.54) is 0 Å². The summed E-state index contributed by atoms with van der Waals surface area (Å²) in [4.78, 5) is 62.5. The van der Waals surface area contributed by atoms with Crippen molar-refractivity contribution in [1.29, 1.82) is 0 Å². The van der Waals surface area contributed by atoms with E-state index in [0.29, 0.717) is 19.4 Å². The smallest absolute Gasteiger partial charge is 0.224 e. The summed E-state index contributed by atoms with van der Waals surface area (Å²) in [6.07, 6.45) is 4.12. The second-order valence-corrected chi connectivity index (χ2v) is 13.8. The number of Topliss-reactive ketones (excluding diaryl/α,β-unsaturated/α-hetero) is 2. The molecule has 0 saturated heterocycles. The predicted octanol–water partition coefficient (Wildman–Crippen LogP) is 3.60. The maximum Gasteiger partial charge on any atom is 0.224 e. The zero-order chi connectivity index (χ0) is 39.2. The highest BCUT2D eigenvalue weighted by Gasteiger charge is 2.32. The fourth-order valence-corrected chi connectivity index (χ4v) is 6.57. The fraction of sp³-hybridized carbons (Fsp3) is 0.333. The standard InChI is InChI=1S/C42H51N7O5/c1-26-19-34(50)20-27(2)35(26)23-33(25-38(51)36(43)9-6-16-48-42(45)46)41(54)49-37(22-29-14-17-47-18-15-29)39(52)24-32(40(44)53)21-28-10-12-31(13-11-28)30-7-4-3-5-8-30/h3-5,7-8,10-15,17-20,32-33,36-37,50H,6,9,16,21-25,43H2,1-2H3,(H2,44,53)(H,49,54)(H4,45,46,48)/t32-,33-,36-,37+/m1/s1. The van der Waals surface area contributed by atoms with E-state index in [9.17, 15) is 24.3 Å². The lowest BCUT2D eigenvalue weighted by Gasteiger charge is -2.25. The number of nitrogens with two attached hydrogens (primary N) is 4. The fourth-order valence-electron chi connectivity index (χ4n) is 6.57. The molecule has 0 bridgehead atoms. The highest BCUT2D eigenvalue weighted by Crippen LogP contribution is 2.26. The summed E-state index contributed by atoms with van der Waals surface area (Å²) in [6, 6.07) is 22.5. The zero-order valence-electron chi connectivity index (χ0n) is 30.9. The number of ketones is 2. The van der Waals surface area contributed by atoms with Crippen LogP contribution in [0, 0.1) is 25.7 Å². The molecule has 2 amide bonds. The molecule has 0 aliphatic heterocycles. The van der Waals surface area contributed by atoms with E-state index < -0.39 is 35.7 Å². The van der Waals surface area contributed by atoms with Crippen LogP contribution < -0.4 is 28.3 Å². The molecule has 10 N–H and O–H groups in total. The summed E-state index contributed by atoms with van der Waals surface area (Å²) in [5.74, 6) is -3.52. The number of rotatable bonds is 20. The minimum Gasteiger partial charge on any atom is -0.508 e. The maximum absolute atomic E-state index is 14.2. The molecule has 1 heterocycles. The summed E-state index contributed by atoms with van der Waals surface area (Å²) in [6.45, 7) is 3.95. The molecule has 0 aliphatic rings. The average molecular weight is 734 g/mol. The molecule has 4 atom stereocenters. The number of aliphatic imine (C=N–C) groups is 1. The molecule has 3 aromatic carbocycles. The molecule has 0 radical (unpaired) electrons. The van der Waals surface area contributed by atoms with Gasteiger partial charge in [0, 0.05) is 43.6 Å². The Balaban J connectivity index is 1.56. The van der Waals surface area contributed by atoms with Crippen molar-refractivity contribution < 1.29 is 24.3 Å². The number of phenolic OH excluding ortho intramolecular Hbond substituents is 1. The second kappa shape index (κ2) is 19.8. The number of phenols is 1. The van der Waals surface area contributed by atoms with Crippen molar-refractivity contribution in [3.8, 4) is 16.9 Å². The van der Waals surface area contributed by atoms with Gasteiger partial charge in [-0.2, -0.15) is 0 Å². The van der Waals surface area contributed by atoms with Crippen LogP contribution in [0.4, 0.5) is 0 Å². The number of pyridine rings is 1. The highest BCUT2D eigenvalue weighted by molar-refractivity contribution is 5.95. The Kier molecular flexibility index (Phi) is 15.0. The van der Waals surface area contributed by atoms with Crippen LogP contribution in [0.2, 0.25) is 0 Å². The predicted molar refractivity (Wildman–Crippen MR) is 210 cm³/mol. The van der Waals surface area contributed by atoms with Crippen LogP contribution in [0.1, 0.15) is 53.5 Å². The third-order valence-electron chi connectivity index (χ3n) is 9.62. The first-order valence-electron chi connectivity index (χ1n) is 18.1. The van der Waals surface area contributed by atoms with Crippen molar-refractivity contribution in [3.63, 3.8) is 0 Å². The second-order valence-electron chi connectivity index (χ2n) is 13.8. The van der Waals surface area contributed by atoms with Crippen molar-refractivity contribution >= 4 is 29.3 Å². The van der Waals surface area contributed by atoms with E-state index in [-0.39, 0.29) is 55.4 Å². The lowest BCUT2D eigenvalue weighted by molar-refractivity contribution is -0.133. The van der Waals surface area contributed by atoms with E-state index >= 15 is 0 Å². The number of benzene rings is 3. The van der Waals surface area contributed by atoms with Gasteiger partial charge in [-0.15, -0.1) is 0 Å². The van der Waals surface area contributed by atoms with E-state index in [1.54, 1.807) is 36.7 Å². The summed E-state index contributed by atoms with van der Waals surface area (Å²) in [7, 11) is 0. The number of amides is 2. The number of aryl methyl sites for hydroxylation is 2. The quantitative estimate of drug-likeness (QED) is 0.0442. The van der Waals surface area contributed by atoms with Crippen molar-refractivity contribution in [2.24, 2.45) is 39.8 Å². The summed E-state index contributed by atoms with van der Waals surface area (Å²) >= 11 is 0. The monoisotopic (exact) mass is 733 g/mol. The Morgan fingerprint density at radius 2 is 1.35 bits per heavy atom. The number of aromatic nitrogens is 1. The lowest BCUT2D eigenvalue weighted by atomic mass is 9.86. The van der Waals surface area contributed by atoms with E-state index in [2.05, 4.69) is 15.3 Å². The van der Waals surface area contributed by atoms with Crippen LogP contribution in [0.3, 0.4) is 0 Å². The summed E-state index contributed by atoms with van der Waals surface area (Å²) < 4.78 is 0. The summed E-state index contributed by atoms with van der Waals surface area (Å²) in [5, 5.41) is 13.1. The Morgan fingerprint density at radius 3 is 1.96 bits per heavy atom. The van der Waals surface area contributed by atoms with Gasteiger partial charge in [-0.1, -0.05) is 54.6 Å². The number of carbonyl (C=O) groups excluding carboxylic acids is 4. The molecule has 1 aromatic heterocycles. The molecule has 54 heavy (non-hydrogen) atoms. The van der Waals surface area contributed by atoms with Crippen LogP contribution in [0.15, 0.2) is 96.2 Å². The Morgan fingerprint density at radius 1 is 0.759 bits per heavy atom. The van der Waals surface area contributed by atoms with Crippen molar-refractivity contribution in [1.82, 2.24) is 10.3 Å². The Hall–Kier alpha value is -5.88. The molecule has 0 unspecified atom stereocenters. The third kappa shape index (κ3) is 12.4. The molecule has 0 fully saturated rings. The first kappa shape index (κ1) is 40.9. The normalized spacial score (nSPS) is 13.2. The molecule has 0 saturated carbocycles. The van der Waals surface area contributed by atoms with Gasteiger partial charge in [0.15, 0.2) is 11.7 Å². The number of nitrogens with zero attached hydrogens (tertiary/aromatic N) is 2. The average Bonchev–Trinajstić information content (AvgIpc) is 3.14. The van der Waals surface area contributed by atoms with Gasteiger partial charge in [0.2, 0.25) is 11.8 Å². The van der Waals surface area contributed by atoms with E-state index in [1.807, 2.05) is 68.4 Å². The molecular formula is C42H51N7O5. The molecule has 12 heteroatoms.